The van der Waals surface area contributed by atoms with Crippen molar-refractivity contribution < 1.29 is 14.3 Å². The van der Waals surface area contributed by atoms with E-state index in [1.165, 1.54) is 0 Å². The van der Waals surface area contributed by atoms with E-state index in [2.05, 4.69) is 10.2 Å². The molecule has 2 rings (SSSR count). The van der Waals surface area contributed by atoms with Crippen molar-refractivity contribution in [1.29, 1.82) is 0 Å². The normalized spacial score (nSPS) is 17.4. The van der Waals surface area contributed by atoms with Crippen molar-refractivity contribution in [2.75, 3.05) is 39.9 Å². The minimum atomic E-state index is -0.330. The number of carbonyl (C=O) groups excluding carboxylic acids is 1. The predicted molar refractivity (Wildman–Crippen MR) is 81.0 cm³/mol. The van der Waals surface area contributed by atoms with Crippen molar-refractivity contribution in [2.24, 2.45) is 0 Å². The number of esters is 1. The molecule has 5 heteroatoms. The monoisotopic (exact) mass is 292 g/mol. The van der Waals surface area contributed by atoms with Crippen LogP contribution in [0.4, 0.5) is 0 Å². The van der Waals surface area contributed by atoms with Crippen molar-refractivity contribution >= 4 is 5.97 Å². The van der Waals surface area contributed by atoms with Crippen LogP contribution in [0, 0.1) is 0 Å². The fourth-order valence-electron chi connectivity index (χ4n) is 2.68. The zero-order valence-corrected chi connectivity index (χ0v) is 12.8. The second kappa shape index (κ2) is 8.12. The SMILES string of the molecule is CCOC(=O)C(c1cccc(COC)c1)N1CCNCC1. The van der Waals surface area contributed by atoms with Gasteiger partial charge in [0.1, 0.15) is 6.04 Å². The summed E-state index contributed by atoms with van der Waals surface area (Å²) in [6.45, 7) is 6.27. The van der Waals surface area contributed by atoms with Gasteiger partial charge < -0.3 is 14.8 Å². The van der Waals surface area contributed by atoms with Crippen molar-refractivity contribution in [2.45, 2.75) is 19.6 Å². The molecule has 116 valence electrons. The summed E-state index contributed by atoms with van der Waals surface area (Å²) in [5, 5.41) is 3.31. The summed E-state index contributed by atoms with van der Waals surface area (Å²) in [5.74, 6) is -0.172. The minimum Gasteiger partial charge on any atom is -0.465 e. The highest BCUT2D eigenvalue weighted by Gasteiger charge is 2.29. The van der Waals surface area contributed by atoms with Gasteiger partial charge in [-0.3, -0.25) is 4.90 Å². The number of nitrogens with one attached hydrogen (secondary N) is 1. The van der Waals surface area contributed by atoms with E-state index in [1.807, 2.05) is 31.2 Å². The fraction of sp³-hybridized carbons (Fsp3) is 0.562. The molecule has 1 aliphatic rings. The third-order valence-electron chi connectivity index (χ3n) is 3.60. The number of nitrogens with zero attached hydrogens (tertiary/aromatic N) is 1. The second-order valence-corrected chi connectivity index (χ2v) is 5.12. The number of carbonyl (C=O) groups is 1. The molecule has 1 fully saturated rings. The largest absolute Gasteiger partial charge is 0.465 e. The Morgan fingerprint density at radius 1 is 1.38 bits per heavy atom. The van der Waals surface area contributed by atoms with Crippen LogP contribution in [0.25, 0.3) is 0 Å². The van der Waals surface area contributed by atoms with Gasteiger partial charge in [0.2, 0.25) is 0 Å². The highest BCUT2D eigenvalue weighted by Crippen LogP contribution is 2.24. The molecule has 0 aliphatic carbocycles. The van der Waals surface area contributed by atoms with Gasteiger partial charge in [0.15, 0.2) is 0 Å². The van der Waals surface area contributed by atoms with Gasteiger partial charge >= 0.3 is 5.97 Å². The third kappa shape index (κ3) is 4.27. The maximum absolute atomic E-state index is 12.4. The Kier molecular flexibility index (Phi) is 6.17. The molecule has 0 amide bonds. The molecule has 1 unspecified atom stereocenters. The molecule has 1 aromatic carbocycles. The number of ether oxygens (including phenoxy) is 2. The molecule has 0 spiro atoms. The van der Waals surface area contributed by atoms with Crippen molar-refractivity contribution in [3.05, 3.63) is 35.4 Å². The van der Waals surface area contributed by atoms with E-state index in [4.69, 9.17) is 9.47 Å². The number of benzene rings is 1. The summed E-state index contributed by atoms with van der Waals surface area (Å²) in [7, 11) is 1.67. The lowest BCUT2D eigenvalue weighted by molar-refractivity contribution is -0.150. The standard InChI is InChI=1S/C16H24N2O3/c1-3-21-16(19)15(18-9-7-17-8-10-18)14-6-4-5-13(11-14)12-20-2/h4-6,11,15,17H,3,7-10,12H2,1-2H3. The molecule has 1 aliphatic heterocycles. The van der Waals surface area contributed by atoms with E-state index < -0.39 is 0 Å². The summed E-state index contributed by atoms with van der Waals surface area (Å²) < 4.78 is 10.5. The van der Waals surface area contributed by atoms with Crippen molar-refractivity contribution in [1.82, 2.24) is 10.2 Å². The molecule has 1 heterocycles. The first-order valence-electron chi connectivity index (χ1n) is 7.45. The van der Waals surface area contributed by atoms with Crippen LogP contribution in [0.15, 0.2) is 24.3 Å². The zero-order valence-electron chi connectivity index (χ0n) is 12.8. The first-order valence-corrected chi connectivity index (χ1v) is 7.45. The first-order chi connectivity index (χ1) is 10.3. The number of rotatable bonds is 6. The molecule has 1 saturated heterocycles. The Morgan fingerprint density at radius 3 is 2.81 bits per heavy atom. The summed E-state index contributed by atoms with van der Waals surface area (Å²) in [5.41, 5.74) is 2.05. The molecule has 21 heavy (non-hydrogen) atoms. The molecule has 0 bridgehead atoms. The minimum absolute atomic E-state index is 0.172. The topological polar surface area (TPSA) is 50.8 Å². The van der Waals surface area contributed by atoms with E-state index in [1.54, 1.807) is 7.11 Å². The smallest absolute Gasteiger partial charge is 0.328 e. The number of hydrogen-bond acceptors (Lipinski definition) is 5. The maximum Gasteiger partial charge on any atom is 0.328 e. The molecular formula is C16H24N2O3. The molecule has 0 aromatic heterocycles. The van der Waals surface area contributed by atoms with Crippen LogP contribution in [-0.4, -0.2) is 50.8 Å². The quantitative estimate of drug-likeness (QED) is 0.802. The van der Waals surface area contributed by atoms with Gasteiger partial charge in [-0.2, -0.15) is 0 Å². The summed E-state index contributed by atoms with van der Waals surface area (Å²) in [6, 6.07) is 7.67. The molecule has 1 atom stereocenters. The Hall–Kier alpha value is -1.43. The van der Waals surface area contributed by atoms with E-state index in [0.717, 1.165) is 37.3 Å². The lowest BCUT2D eigenvalue weighted by atomic mass is 10.0. The van der Waals surface area contributed by atoms with Crippen molar-refractivity contribution in [3.63, 3.8) is 0 Å². The van der Waals surface area contributed by atoms with Crippen LogP contribution in [0.2, 0.25) is 0 Å². The number of piperazine rings is 1. The highest BCUT2D eigenvalue weighted by molar-refractivity contribution is 5.77. The Labute approximate surface area is 126 Å². The van der Waals surface area contributed by atoms with Crippen LogP contribution < -0.4 is 5.32 Å². The third-order valence-corrected chi connectivity index (χ3v) is 3.60. The molecule has 5 nitrogen and oxygen atoms in total. The Balaban J connectivity index is 2.24. The zero-order chi connectivity index (χ0) is 15.1. The fourth-order valence-corrected chi connectivity index (χ4v) is 2.68. The molecule has 1 N–H and O–H groups in total. The Morgan fingerprint density at radius 2 is 2.14 bits per heavy atom. The molecule has 0 radical (unpaired) electrons. The van der Waals surface area contributed by atoms with Gasteiger partial charge in [0.25, 0.3) is 0 Å². The Bertz CT molecular complexity index is 459. The van der Waals surface area contributed by atoms with Gasteiger partial charge in [0, 0.05) is 33.3 Å². The average Bonchev–Trinajstić information content (AvgIpc) is 2.50. The maximum atomic E-state index is 12.4. The second-order valence-electron chi connectivity index (χ2n) is 5.12. The summed E-state index contributed by atoms with van der Waals surface area (Å²) in [6.07, 6.45) is 0. The van der Waals surface area contributed by atoms with Gasteiger partial charge in [0.05, 0.1) is 13.2 Å². The van der Waals surface area contributed by atoms with Crippen LogP contribution >= 0.6 is 0 Å². The van der Waals surface area contributed by atoms with Crippen LogP contribution in [0.1, 0.15) is 24.1 Å². The lowest BCUT2D eigenvalue weighted by Gasteiger charge is -2.33. The number of hydrogen-bond donors (Lipinski definition) is 1. The average molecular weight is 292 g/mol. The van der Waals surface area contributed by atoms with Crippen LogP contribution in [0.3, 0.4) is 0 Å². The van der Waals surface area contributed by atoms with E-state index in [-0.39, 0.29) is 12.0 Å². The van der Waals surface area contributed by atoms with Crippen molar-refractivity contribution in [3.8, 4) is 0 Å². The summed E-state index contributed by atoms with van der Waals surface area (Å²) >= 11 is 0. The van der Waals surface area contributed by atoms with E-state index in [0.29, 0.717) is 13.2 Å². The number of methoxy groups -OCH3 is 1. The summed E-state index contributed by atoms with van der Waals surface area (Å²) in [4.78, 5) is 14.6. The first kappa shape index (κ1) is 15.9. The molecule has 1 aromatic rings. The van der Waals surface area contributed by atoms with E-state index in [9.17, 15) is 4.79 Å². The van der Waals surface area contributed by atoms with Crippen LogP contribution in [-0.2, 0) is 20.9 Å². The van der Waals surface area contributed by atoms with Gasteiger partial charge in [-0.25, -0.2) is 4.79 Å². The van der Waals surface area contributed by atoms with Gasteiger partial charge in [-0.15, -0.1) is 0 Å². The van der Waals surface area contributed by atoms with Gasteiger partial charge in [-0.05, 0) is 18.1 Å². The predicted octanol–water partition coefficient (Wildman–Crippen LogP) is 1.34. The highest BCUT2D eigenvalue weighted by atomic mass is 16.5. The lowest BCUT2D eigenvalue weighted by Crippen LogP contribution is -2.47. The van der Waals surface area contributed by atoms with E-state index >= 15 is 0 Å². The molecular weight excluding hydrogens is 268 g/mol. The molecule has 0 saturated carbocycles. The van der Waals surface area contributed by atoms with Crippen LogP contribution in [0.5, 0.6) is 0 Å². The van der Waals surface area contributed by atoms with Gasteiger partial charge in [-0.1, -0.05) is 24.3 Å².